The molecule has 0 aliphatic rings. The van der Waals surface area contributed by atoms with Crippen LogP contribution >= 0.6 is 15.9 Å². The average Bonchev–Trinajstić information content (AvgIpc) is 2.15. The minimum atomic E-state index is -4.50. The number of alkyl halides is 4. The number of benzene rings is 1. The van der Waals surface area contributed by atoms with E-state index in [1.54, 1.807) is 0 Å². The number of hydrogen-bond donors (Lipinski definition) is 0. The molecule has 0 atom stereocenters. The fraction of sp³-hybridized carbons (Fsp3) is 0.333. The highest BCUT2D eigenvalue weighted by Crippen LogP contribution is 2.37. The summed E-state index contributed by atoms with van der Waals surface area (Å²) in [5.74, 6) is 0. The van der Waals surface area contributed by atoms with Gasteiger partial charge in [-0.2, -0.15) is 13.2 Å². The molecule has 0 amide bonds. The van der Waals surface area contributed by atoms with Crippen LogP contribution in [0.25, 0.3) is 0 Å². The fourth-order valence-corrected chi connectivity index (χ4v) is 2.10. The fourth-order valence-electron chi connectivity index (χ4n) is 1.38. The van der Waals surface area contributed by atoms with Crippen molar-refractivity contribution in [3.05, 3.63) is 38.9 Å². The zero-order chi connectivity index (χ0) is 12.5. The zero-order valence-corrected chi connectivity index (χ0v) is 9.72. The predicted octanol–water partition coefficient (Wildman–Crippen LogP) is 3.82. The number of hydrogen-bond acceptors (Lipinski definition) is 2. The van der Waals surface area contributed by atoms with E-state index in [0.717, 1.165) is 12.1 Å². The van der Waals surface area contributed by atoms with E-state index in [-0.39, 0.29) is 22.1 Å². The minimum absolute atomic E-state index is 0.0386. The highest BCUT2D eigenvalue weighted by Gasteiger charge is 2.35. The Morgan fingerprint density at radius 2 is 2.00 bits per heavy atom. The largest absolute Gasteiger partial charge is 0.416 e. The molecule has 16 heavy (non-hydrogen) atoms. The van der Waals surface area contributed by atoms with Crippen LogP contribution in [0.4, 0.5) is 18.9 Å². The maximum atomic E-state index is 12.6. The molecule has 0 bridgehead atoms. The van der Waals surface area contributed by atoms with Gasteiger partial charge in [0.15, 0.2) is 0 Å². The number of nitrogens with zero attached hydrogens (tertiary/aromatic N) is 1. The molecule has 0 spiro atoms. The molecule has 0 aliphatic heterocycles. The Bertz CT molecular complexity index is 431. The van der Waals surface area contributed by atoms with Gasteiger partial charge < -0.3 is 0 Å². The van der Waals surface area contributed by atoms with Crippen LogP contribution in [0, 0.1) is 17.0 Å². The van der Waals surface area contributed by atoms with Gasteiger partial charge in [-0.15, -0.1) is 0 Å². The quantitative estimate of drug-likeness (QED) is 0.473. The second kappa shape index (κ2) is 4.40. The predicted molar refractivity (Wildman–Crippen MR) is 55.5 cm³/mol. The molecule has 0 radical (unpaired) electrons. The SMILES string of the molecule is Cc1c([N+](=O)[O-])ccc(C(F)(F)F)c1CBr. The minimum Gasteiger partial charge on any atom is -0.258 e. The lowest BCUT2D eigenvalue weighted by atomic mass is 10.0. The molecule has 0 saturated carbocycles. The molecule has 0 aliphatic carbocycles. The van der Waals surface area contributed by atoms with Crippen molar-refractivity contribution >= 4 is 21.6 Å². The molecule has 88 valence electrons. The summed E-state index contributed by atoms with van der Waals surface area (Å²) >= 11 is 2.91. The first-order valence-corrected chi connectivity index (χ1v) is 5.31. The standard InChI is InChI=1S/C9H7BrF3NO2/c1-5-6(4-10)7(9(11,12)13)2-3-8(5)14(15)16/h2-3H,4H2,1H3. The maximum absolute atomic E-state index is 12.6. The molecule has 1 rings (SSSR count). The first-order valence-electron chi connectivity index (χ1n) is 4.19. The number of nitro groups is 1. The summed E-state index contributed by atoms with van der Waals surface area (Å²) in [7, 11) is 0. The van der Waals surface area contributed by atoms with E-state index < -0.39 is 16.7 Å². The summed E-state index contributed by atoms with van der Waals surface area (Å²) in [6.45, 7) is 1.31. The van der Waals surface area contributed by atoms with Crippen LogP contribution in [-0.4, -0.2) is 4.92 Å². The highest BCUT2D eigenvalue weighted by molar-refractivity contribution is 9.08. The van der Waals surface area contributed by atoms with Gasteiger partial charge in [0.1, 0.15) is 0 Å². The first kappa shape index (κ1) is 13.0. The summed E-state index contributed by atoms with van der Waals surface area (Å²) in [6, 6.07) is 1.62. The summed E-state index contributed by atoms with van der Waals surface area (Å²) in [6.07, 6.45) is -4.50. The Morgan fingerprint density at radius 1 is 1.44 bits per heavy atom. The molecule has 0 heterocycles. The topological polar surface area (TPSA) is 43.1 Å². The van der Waals surface area contributed by atoms with Crippen LogP contribution in [0.5, 0.6) is 0 Å². The van der Waals surface area contributed by atoms with Gasteiger partial charge in [0.2, 0.25) is 0 Å². The lowest BCUT2D eigenvalue weighted by Gasteiger charge is -2.13. The molecule has 0 aromatic heterocycles. The Balaban J connectivity index is 3.47. The Hall–Kier alpha value is -1.11. The molecule has 0 fully saturated rings. The van der Waals surface area contributed by atoms with E-state index in [1.165, 1.54) is 6.92 Å². The number of nitro benzene ring substituents is 1. The van der Waals surface area contributed by atoms with Crippen LogP contribution in [0.1, 0.15) is 16.7 Å². The molecule has 0 saturated heterocycles. The van der Waals surface area contributed by atoms with E-state index >= 15 is 0 Å². The first-order chi connectivity index (χ1) is 7.29. The third-order valence-electron chi connectivity index (χ3n) is 2.21. The third kappa shape index (κ3) is 2.34. The van der Waals surface area contributed by atoms with Crippen molar-refractivity contribution in [3.63, 3.8) is 0 Å². The van der Waals surface area contributed by atoms with Gasteiger partial charge in [0.05, 0.1) is 10.5 Å². The van der Waals surface area contributed by atoms with Crippen molar-refractivity contribution in [1.29, 1.82) is 0 Å². The third-order valence-corrected chi connectivity index (χ3v) is 2.77. The van der Waals surface area contributed by atoms with Crippen LogP contribution in [-0.2, 0) is 11.5 Å². The summed E-state index contributed by atoms with van der Waals surface area (Å²) in [4.78, 5) is 9.87. The van der Waals surface area contributed by atoms with Gasteiger partial charge in [0, 0.05) is 17.0 Å². The van der Waals surface area contributed by atoms with Crippen molar-refractivity contribution < 1.29 is 18.1 Å². The average molecular weight is 298 g/mol. The van der Waals surface area contributed by atoms with Crippen molar-refractivity contribution in [3.8, 4) is 0 Å². The smallest absolute Gasteiger partial charge is 0.258 e. The lowest BCUT2D eigenvalue weighted by Crippen LogP contribution is -2.10. The number of rotatable bonds is 2. The Morgan fingerprint density at radius 3 is 2.38 bits per heavy atom. The molecule has 7 heteroatoms. The van der Waals surface area contributed by atoms with E-state index in [2.05, 4.69) is 15.9 Å². The monoisotopic (exact) mass is 297 g/mol. The normalized spacial score (nSPS) is 11.6. The van der Waals surface area contributed by atoms with E-state index in [9.17, 15) is 23.3 Å². The van der Waals surface area contributed by atoms with Crippen molar-refractivity contribution in [2.24, 2.45) is 0 Å². The van der Waals surface area contributed by atoms with Gasteiger partial charge >= 0.3 is 6.18 Å². The van der Waals surface area contributed by atoms with Crippen molar-refractivity contribution in [2.45, 2.75) is 18.4 Å². The van der Waals surface area contributed by atoms with Gasteiger partial charge in [-0.3, -0.25) is 10.1 Å². The molecule has 1 aromatic rings. The lowest BCUT2D eigenvalue weighted by molar-refractivity contribution is -0.385. The van der Waals surface area contributed by atoms with E-state index in [4.69, 9.17) is 0 Å². The van der Waals surface area contributed by atoms with Crippen LogP contribution in [0.2, 0.25) is 0 Å². The molecule has 1 aromatic carbocycles. The van der Waals surface area contributed by atoms with Crippen molar-refractivity contribution in [2.75, 3.05) is 0 Å². The Labute approximate surface area is 97.5 Å². The molecular weight excluding hydrogens is 291 g/mol. The second-order valence-electron chi connectivity index (χ2n) is 3.12. The molecular formula is C9H7BrF3NO2. The van der Waals surface area contributed by atoms with Gasteiger partial charge in [-0.25, -0.2) is 0 Å². The van der Waals surface area contributed by atoms with Gasteiger partial charge in [0.25, 0.3) is 5.69 Å². The van der Waals surface area contributed by atoms with Crippen LogP contribution in [0.3, 0.4) is 0 Å². The highest BCUT2D eigenvalue weighted by atomic mass is 79.9. The van der Waals surface area contributed by atoms with Gasteiger partial charge in [-0.1, -0.05) is 15.9 Å². The summed E-state index contributed by atoms with van der Waals surface area (Å²) < 4.78 is 37.7. The van der Waals surface area contributed by atoms with Crippen LogP contribution < -0.4 is 0 Å². The molecule has 3 nitrogen and oxygen atoms in total. The van der Waals surface area contributed by atoms with Gasteiger partial charge in [-0.05, 0) is 18.6 Å². The van der Waals surface area contributed by atoms with E-state index in [1.807, 2.05) is 0 Å². The maximum Gasteiger partial charge on any atom is 0.416 e. The Kier molecular flexibility index (Phi) is 3.57. The van der Waals surface area contributed by atoms with Crippen molar-refractivity contribution in [1.82, 2.24) is 0 Å². The molecule has 0 N–H and O–H groups in total. The van der Waals surface area contributed by atoms with Crippen LogP contribution in [0.15, 0.2) is 12.1 Å². The summed E-state index contributed by atoms with van der Waals surface area (Å²) in [5, 5.41) is 10.5. The van der Waals surface area contributed by atoms with E-state index in [0.29, 0.717) is 0 Å². The second-order valence-corrected chi connectivity index (χ2v) is 3.69. The number of halogens is 4. The molecule has 0 unspecified atom stereocenters. The zero-order valence-electron chi connectivity index (χ0n) is 8.14. The summed E-state index contributed by atoms with van der Waals surface area (Å²) in [5.41, 5.74) is -1.20.